The van der Waals surface area contributed by atoms with Gasteiger partial charge < -0.3 is 10.2 Å². The van der Waals surface area contributed by atoms with Crippen molar-refractivity contribution in [1.82, 2.24) is 10.2 Å². The molecular formula is C16H32N2. The minimum atomic E-state index is 0.773. The fourth-order valence-electron chi connectivity index (χ4n) is 3.74. The van der Waals surface area contributed by atoms with Crippen molar-refractivity contribution in [2.45, 2.75) is 64.8 Å². The van der Waals surface area contributed by atoms with Crippen LogP contribution < -0.4 is 5.32 Å². The van der Waals surface area contributed by atoms with Crippen molar-refractivity contribution in [2.24, 2.45) is 11.8 Å². The fourth-order valence-corrected chi connectivity index (χ4v) is 3.74. The molecule has 0 aromatic carbocycles. The summed E-state index contributed by atoms with van der Waals surface area (Å²) in [4.78, 5) is 2.69. The zero-order chi connectivity index (χ0) is 12.8. The lowest BCUT2D eigenvalue weighted by Gasteiger charge is -2.28. The largest absolute Gasteiger partial charge is 0.313 e. The molecule has 2 aliphatic rings. The highest BCUT2D eigenvalue weighted by molar-refractivity contribution is 4.81. The third-order valence-electron chi connectivity index (χ3n) is 4.85. The van der Waals surface area contributed by atoms with Crippen molar-refractivity contribution in [1.29, 1.82) is 0 Å². The Hall–Kier alpha value is -0.0800. The van der Waals surface area contributed by atoms with E-state index in [2.05, 4.69) is 24.1 Å². The predicted octanol–water partition coefficient (Wildman–Crippen LogP) is 3.28. The fraction of sp³-hybridized carbons (Fsp3) is 1.00. The van der Waals surface area contributed by atoms with Crippen LogP contribution in [0.15, 0.2) is 0 Å². The van der Waals surface area contributed by atoms with E-state index in [0.29, 0.717) is 0 Å². The van der Waals surface area contributed by atoms with Gasteiger partial charge in [0.15, 0.2) is 0 Å². The molecule has 0 radical (unpaired) electrons. The topological polar surface area (TPSA) is 15.3 Å². The van der Waals surface area contributed by atoms with Gasteiger partial charge in [-0.3, -0.25) is 0 Å². The van der Waals surface area contributed by atoms with Gasteiger partial charge >= 0.3 is 0 Å². The summed E-state index contributed by atoms with van der Waals surface area (Å²) in [6.45, 7) is 9.85. The molecule has 0 amide bonds. The molecule has 2 heteroatoms. The van der Waals surface area contributed by atoms with E-state index in [1.54, 1.807) is 0 Å². The predicted molar refractivity (Wildman–Crippen MR) is 78.9 cm³/mol. The van der Waals surface area contributed by atoms with E-state index in [4.69, 9.17) is 0 Å². The summed E-state index contributed by atoms with van der Waals surface area (Å²) in [5.74, 6) is 2.01. The van der Waals surface area contributed by atoms with E-state index in [1.165, 1.54) is 71.1 Å². The Morgan fingerprint density at radius 3 is 2.89 bits per heavy atom. The summed E-state index contributed by atoms with van der Waals surface area (Å²) in [5, 5.41) is 3.66. The van der Waals surface area contributed by atoms with Crippen LogP contribution in [0.5, 0.6) is 0 Å². The Morgan fingerprint density at radius 1 is 1.22 bits per heavy atom. The minimum Gasteiger partial charge on any atom is -0.313 e. The maximum Gasteiger partial charge on any atom is 0.0207 e. The average molecular weight is 252 g/mol. The van der Waals surface area contributed by atoms with Gasteiger partial charge in [0.05, 0.1) is 0 Å². The maximum atomic E-state index is 3.66. The number of hydrogen-bond donors (Lipinski definition) is 1. The second-order valence-electron chi connectivity index (χ2n) is 6.67. The van der Waals surface area contributed by atoms with Crippen molar-refractivity contribution in [3.63, 3.8) is 0 Å². The highest BCUT2D eigenvalue weighted by Crippen LogP contribution is 2.31. The zero-order valence-electron chi connectivity index (χ0n) is 12.5. The van der Waals surface area contributed by atoms with Crippen LogP contribution in [0, 0.1) is 11.8 Å². The molecule has 1 N–H and O–H groups in total. The van der Waals surface area contributed by atoms with Crippen LogP contribution in [0.25, 0.3) is 0 Å². The summed E-state index contributed by atoms with van der Waals surface area (Å²) in [5.41, 5.74) is 0. The molecule has 1 aliphatic heterocycles. The Balaban J connectivity index is 1.59. The summed E-state index contributed by atoms with van der Waals surface area (Å²) in [6.07, 6.45) is 10.0. The van der Waals surface area contributed by atoms with E-state index in [9.17, 15) is 0 Å². The van der Waals surface area contributed by atoms with Crippen LogP contribution in [0.2, 0.25) is 0 Å². The first-order chi connectivity index (χ1) is 8.78. The van der Waals surface area contributed by atoms with E-state index in [0.717, 1.165) is 17.9 Å². The Morgan fingerprint density at radius 2 is 2.11 bits per heavy atom. The lowest BCUT2D eigenvalue weighted by atomic mass is 9.81. The molecule has 106 valence electrons. The van der Waals surface area contributed by atoms with Gasteiger partial charge in [-0.05, 0) is 57.2 Å². The molecule has 18 heavy (non-hydrogen) atoms. The van der Waals surface area contributed by atoms with Gasteiger partial charge in [-0.25, -0.2) is 0 Å². The van der Waals surface area contributed by atoms with Crippen molar-refractivity contribution < 1.29 is 0 Å². The van der Waals surface area contributed by atoms with E-state index >= 15 is 0 Å². The average Bonchev–Trinajstić information content (AvgIpc) is 2.82. The number of hydrogen-bond acceptors (Lipinski definition) is 2. The first-order valence-electron chi connectivity index (χ1n) is 8.23. The summed E-state index contributed by atoms with van der Waals surface area (Å²) in [7, 11) is 0. The van der Waals surface area contributed by atoms with E-state index in [-0.39, 0.29) is 0 Å². The smallest absolute Gasteiger partial charge is 0.0207 e. The van der Waals surface area contributed by atoms with Crippen LogP contribution in [0.4, 0.5) is 0 Å². The highest BCUT2D eigenvalue weighted by atomic mass is 15.2. The van der Waals surface area contributed by atoms with Crippen molar-refractivity contribution in [3.8, 4) is 0 Å². The highest BCUT2D eigenvalue weighted by Gasteiger charge is 2.24. The van der Waals surface area contributed by atoms with Crippen molar-refractivity contribution in [3.05, 3.63) is 0 Å². The maximum absolute atomic E-state index is 3.66. The van der Waals surface area contributed by atoms with Crippen LogP contribution in [0.1, 0.15) is 58.8 Å². The number of nitrogens with zero attached hydrogens (tertiary/aromatic N) is 1. The second-order valence-corrected chi connectivity index (χ2v) is 6.67. The quantitative estimate of drug-likeness (QED) is 0.780. The summed E-state index contributed by atoms with van der Waals surface area (Å²) < 4.78 is 0. The molecule has 3 unspecified atom stereocenters. The normalized spacial score (nSPS) is 34.0. The molecular weight excluding hydrogens is 220 g/mol. The van der Waals surface area contributed by atoms with E-state index < -0.39 is 0 Å². The molecule has 0 bridgehead atoms. The number of nitrogens with one attached hydrogen (secondary N) is 1. The van der Waals surface area contributed by atoms with Gasteiger partial charge in [0.2, 0.25) is 0 Å². The Kier molecular flexibility index (Phi) is 5.97. The SMILES string of the molecule is CCCNC1CCN(CCC2CCCC(C)C2)C1. The van der Waals surface area contributed by atoms with Crippen LogP contribution in [-0.4, -0.2) is 37.1 Å². The Labute approximate surface area is 114 Å². The minimum absolute atomic E-state index is 0.773. The standard InChI is InChI=1S/C16H32N2/c1-3-9-17-16-8-11-18(13-16)10-7-15-6-4-5-14(2)12-15/h14-17H,3-13H2,1-2H3. The molecule has 3 atom stereocenters. The first kappa shape index (κ1) is 14.3. The lowest BCUT2D eigenvalue weighted by Crippen LogP contribution is -2.33. The monoisotopic (exact) mass is 252 g/mol. The molecule has 2 fully saturated rings. The first-order valence-corrected chi connectivity index (χ1v) is 8.23. The second kappa shape index (κ2) is 7.49. The van der Waals surface area contributed by atoms with E-state index in [1.807, 2.05) is 0 Å². The third kappa shape index (κ3) is 4.55. The van der Waals surface area contributed by atoms with Gasteiger partial charge in [-0.2, -0.15) is 0 Å². The zero-order valence-corrected chi connectivity index (χ0v) is 12.5. The third-order valence-corrected chi connectivity index (χ3v) is 4.85. The molecule has 1 saturated heterocycles. The van der Waals surface area contributed by atoms with Crippen LogP contribution in [0.3, 0.4) is 0 Å². The number of rotatable bonds is 6. The Bertz CT molecular complexity index is 229. The summed E-state index contributed by atoms with van der Waals surface area (Å²) >= 11 is 0. The molecule has 2 rings (SSSR count). The van der Waals surface area contributed by atoms with Gasteiger partial charge in [0.25, 0.3) is 0 Å². The molecule has 0 aromatic heterocycles. The lowest BCUT2D eigenvalue weighted by molar-refractivity contribution is 0.230. The van der Waals surface area contributed by atoms with Gasteiger partial charge in [0.1, 0.15) is 0 Å². The molecule has 2 nitrogen and oxygen atoms in total. The summed E-state index contributed by atoms with van der Waals surface area (Å²) in [6, 6.07) is 0.773. The molecule has 1 saturated carbocycles. The molecule has 1 heterocycles. The molecule has 0 spiro atoms. The van der Waals surface area contributed by atoms with Gasteiger partial charge in [-0.1, -0.05) is 33.1 Å². The van der Waals surface area contributed by atoms with Gasteiger partial charge in [0, 0.05) is 12.6 Å². The molecule has 1 aliphatic carbocycles. The van der Waals surface area contributed by atoms with Gasteiger partial charge in [-0.15, -0.1) is 0 Å². The van der Waals surface area contributed by atoms with Crippen molar-refractivity contribution >= 4 is 0 Å². The molecule has 0 aromatic rings. The van der Waals surface area contributed by atoms with Crippen molar-refractivity contribution in [2.75, 3.05) is 26.2 Å². The number of likely N-dealkylation sites (tertiary alicyclic amines) is 1. The van der Waals surface area contributed by atoms with Crippen LogP contribution >= 0.6 is 0 Å². The van der Waals surface area contributed by atoms with Crippen LogP contribution in [-0.2, 0) is 0 Å².